The highest BCUT2D eigenvalue weighted by Gasteiger charge is 2.17. The maximum atomic E-state index is 12.3. The number of hydrogen-bond acceptors (Lipinski definition) is 4. The van der Waals surface area contributed by atoms with E-state index in [0.29, 0.717) is 18.0 Å². The lowest BCUT2D eigenvalue weighted by Crippen LogP contribution is -2.39. The molecule has 0 aliphatic carbocycles. The molecule has 0 bridgehead atoms. The molecule has 0 unspecified atom stereocenters. The first kappa shape index (κ1) is 17.8. The van der Waals surface area contributed by atoms with Crippen LogP contribution in [0.2, 0.25) is 0 Å². The minimum absolute atomic E-state index is 0.0250. The first-order valence-corrected chi connectivity index (χ1v) is 8.44. The summed E-state index contributed by atoms with van der Waals surface area (Å²) in [5.41, 5.74) is 3.73. The van der Waals surface area contributed by atoms with Crippen LogP contribution in [0.15, 0.2) is 36.4 Å². The average molecular weight is 354 g/mol. The first-order valence-electron chi connectivity index (χ1n) is 8.44. The van der Waals surface area contributed by atoms with Crippen molar-refractivity contribution in [2.75, 3.05) is 18.2 Å². The molecule has 0 radical (unpaired) electrons. The van der Waals surface area contributed by atoms with E-state index in [-0.39, 0.29) is 25.2 Å². The molecule has 0 spiro atoms. The van der Waals surface area contributed by atoms with Crippen LogP contribution in [0.1, 0.15) is 23.6 Å². The Kier molecular flexibility index (Phi) is 5.11. The minimum atomic E-state index is -0.225. The van der Waals surface area contributed by atoms with E-state index in [9.17, 15) is 9.59 Å². The molecule has 0 atom stereocenters. The normalized spacial score (nSPS) is 12.0. The number of ether oxygens (including phenoxy) is 2. The predicted octanol–water partition coefficient (Wildman–Crippen LogP) is 2.70. The number of aryl methyl sites for hydroxylation is 2. The van der Waals surface area contributed by atoms with Crippen LogP contribution in [-0.2, 0) is 16.1 Å². The second-order valence-electron chi connectivity index (χ2n) is 6.42. The highest BCUT2D eigenvalue weighted by atomic mass is 16.7. The van der Waals surface area contributed by atoms with Crippen LogP contribution < -0.4 is 19.7 Å². The topological polar surface area (TPSA) is 67.9 Å². The summed E-state index contributed by atoms with van der Waals surface area (Å²) in [6.45, 7) is 5.94. The molecule has 6 nitrogen and oxygen atoms in total. The van der Waals surface area contributed by atoms with Gasteiger partial charge >= 0.3 is 0 Å². The van der Waals surface area contributed by atoms with Crippen LogP contribution in [0.3, 0.4) is 0 Å². The number of rotatable bonds is 5. The molecule has 1 aliphatic heterocycles. The second-order valence-corrected chi connectivity index (χ2v) is 6.42. The van der Waals surface area contributed by atoms with Crippen LogP contribution >= 0.6 is 0 Å². The van der Waals surface area contributed by atoms with Crippen molar-refractivity contribution in [3.05, 3.63) is 53.1 Å². The van der Waals surface area contributed by atoms with Crippen LogP contribution in [-0.4, -0.2) is 25.2 Å². The summed E-state index contributed by atoms with van der Waals surface area (Å²) in [5, 5.41) is 2.85. The fourth-order valence-corrected chi connectivity index (χ4v) is 2.94. The molecule has 2 aromatic carbocycles. The van der Waals surface area contributed by atoms with E-state index in [1.165, 1.54) is 11.8 Å². The molecule has 0 saturated carbocycles. The van der Waals surface area contributed by atoms with Gasteiger partial charge in [-0.05, 0) is 54.8 Å². The van der Waals surface area contributed by atoms with Gasteiger partial charge in [-0.3, -0.25) is 9.59 Å². The third-order valence-corrected chi connectivity index (χ3v) is 4.13. The molecule has 1 aliphatic rings. The number of benzene rings is 2. The van der Waals surface area contributed by atoms with Gasteiger partial charge in [-0.15, -0.1) is 0 Å². The van der Waals surface area contributed by atoms with E-state index >= 15 is 0 Å². The molecule has 0 fully saturated rings. The molecule has 6 heteroatoms. The molecule has 3 rings (SSSR count). The number of nitrogens with one attached hydrogen (secondary N) is 1. The molecular weight excluding hydrogens is 332 g/mol. The number of amides is 2. The molecule has 0 saturated heterocycles. The van der Waals surface area contributed by atoms with E-state index in [1.807, 2.05) is 50.2 Å². The van der Waals surface area contributed by atoms with Gasteiger partial charge in [-0.2, -0.15) is 0 Å². The van der Waals surface area contributed by atoms with Crippen molar-refractivity contribution in [2.24, 2.45) is 0 Å². The molecule has 2 amide bonds. The number of anilines is 1. The maximum absolute atomic E-state index is 12.3. The zero-order valence-electron chi connectivity index (χ0n) is 15.2. The summed E-state index contributed by atoms with van der Waals surface area (Å²) < 4.78 is 10.6. The van der Waals surface area contributed by atoms with E-state index in [2.05, 4.69) is 5.32 Å². The van der Waals surface area contributed by atoms with Crippen LogP contribution in [0.4, 0.5) is 5.69 Å². The van der Waals surface area contributed by atoms with E-state index < -0.39 is 0 Å². The van der Waals surface area contributed by atoms with Crippen molar-refractivity contribution in [3.63, 3.8) is 0 Å². The summed E-state index contributed by atoms with van der Waals surface area (Å²) in [4.78, 5) is 25.8. The third kappa shape index (κ3) is 4.14. The molecule has 2 aromatic rings. The smallest absolute Gasteiger partial charge is 0.240 e. The average Bonchev–Trinajstić information content (AvgIpc) is 3.04. The fraction of sp³-hybridized carbons (Fsp3) is 0.300. The molecule has 136 valence electrons. The Morgan fingerprint density at radius 3 is 2.42 bits per heavy atom. The van der Waals surface area contributed by atoms with Crippen LogP contribution in [0.25, 0.3) is 0 Å². The van der Waals surface area contributed by atoms with Gasteiger partial charge in [0.25, 0.3) is 0 Å². The number of fused-ring (bicyclic) bond motifs is 1. The monoisotopic (exact) mass is 354 g/mol. The van der Waals surface area contributed by atoms with Crippen molar-refractivity contribution >= 4 is 17.5 Å². The van der Waals surface area contributed by atoms with Gasteiger partial charge in [0.2, 0.25) is 18.6 Å². The van der Waals surface area contributed by atoms with Crippen LogP contribution in [0.5, 0.6) is 11.5 Å². The lowest BCUT2D eigenvalue weighted by atomic mass is 10.1. The summed E-state index contributed by atoms with van der Waals surface area (Å²) in [6, 6.07) is 11.4. The standard InChI is InChI=1S/C20H22N2O4/c1-13-6-14(2)8-17(7-13)22(15(3)23)11-20(24)21-10-16-4-5-18-19(9-16)26-12-25-18/h4-9H,10-12H2,1-3H3,(H,21,24). The second kappa shape index (κ2) is 7.47. The van der Waals surface area contributed by atoms with Crippen molar-refractivity contribution < 1.29 is 19.1 Å². The van der Waals surface area contributed by atoms with Crippen LogP contribution in [0, 0.1) is 13.8 Å². The largest absolute Gasteiger partial charge is 0.454 e. The molecule has 1 N–H and O–H groups in total. The Hall–Kier alpha value is -3.02. The Morgan fingerprint density at radius 1 is 1.04 bits per heavy atom. The summed E-state index contributed by atoms with van der Waals surface area (Å²) >= 11 is 0. The van der Waals surface area contributed by atoms with Gasteiger partial charge < -0.3 is 19.7 Å². The minimum Gasteiger partial charge on any atom is -0.454 e. The van der Waals surface area contributed by atoms with Crippen molar-refractivity contribution in [1.82, 2.24) is 5.32 Å². The van der Waals surface area contributed by atoms with Gasteiger partial charge in [0.1, 0.15) is 6.54 Å². The third-order valence-electron chi connectivity index (χ3n) is 4.13. The summed E-state index contributed by atoms with van der Waals surface area (Å²) in [6.07, 6.45) is 0. The zero-order chi connectivity index (χ0) is 18.7. The molecule has 26 heavy (non-hydrogen) atoms. The Bertz CT molecular complexity index is 827. The number of carbonyl (C=O) groups is 2. The highest BCUT2D eigenvalue weighted by Crippen LogP contribution is 2.32. The van der Waals surface area contributed by atoms with Gasteiger partial charge in [0.15, 0.2) is 11.5 Å². The summed E-state index contributed by atoms with van der Waals surface area (Å²) in [7, 11) is 0. The zero-order valence-corrected chi connectivity index (χ0v) is 15.2. The Labute approximate surface area is 152 Å². The lowest BCUT2D eigenvalue weighted by molar-refractivity contribution is -0.123. The molecule has 1 heterocycles. The van der Waals surface area contributed by atoms with E-state index in [4.69, 9.17) is 9.47 Å². The van der Waals surface area contributed by atoms with Crippen molar-refractivity contribution in [1.29, 1.82) is 0 Å². The van der Waals surface area contributed by atoms with Gasteiger partial charge in [-0.1, -0.05) is 12.1 Å². The first-order chi connectivity index (χ1) is 12.4. The van der Waals surface area contributed by atoms with Gasteiger partial charge in [-0.25, -0.2) is 0 Å². The van der Waals surface area contributed by atoms with Gasteiger partial charge in [0.05, 0.1) is 0 Å². The molecular formula is C20H22N2O4. The maximum Gasteiger partial charge on any atom is 0.240 e. The lowest BCUT2D eigenvalue weighted by Gasteiger charge is -2.21. The Balaban J connectivity index is 1.64. The number of carbonyl (C=O) groups excluding carboxylic acids is 2. The molecule has 0 aromatic heterocycles. The number of nitrogens with zero attached hydrogens (tertiary/aromatic N) is 1. The Morgan fingerprint density at radius 2 is 1.73 bits per heavy atom. The van der Waals surface area contributed by atoms with Gasteiger partial charge in [0, 0.05) is 19.2 Å². The summed E-state index contributed by atoms with van der Waals surface area (Å²) in [5.74, 6) is 0.986. The highest BCUT2D eigenvalue weighted by molar-refractivity contribution is 5.97. The van der Waals surface area contributed by atoms with Crippen molar-refractivity contribution in [3.8, 4) is 11.5 Å². The fourth-order valence-electron chi connectivity index (χ4n) is 2.94. The predicted molar refractivity (Wildman–Crippen MR) is 98.4 cm³/mol. The quantitative estimate of drug-likeness (QED) is 0.896. The van der Waals surface area contributed by atoms with E-state index in [0.717, 1.165) is 22.4 Å². The van der Waals surface area contributed by atoms with Crippen molar-refractivity contribution in [2.45, 2.75) is 27.3 Å². The number of hydrogen-bond donors (Lipinski definition) is 1. The van der Waals surface area contributed by atoms with E-state index in [1.54, 1.807) is 0 Å². The SMILES string of the molecule is CC(=O)N(CC(=O)NCc1ccc2c(c1)OCO2)c1cc(C)cc(C)c1.